The van der Waals surface area contributed by atoms with Gasteiger partial charge in [0.1, 0.15) is 23.6 Å². The summed E-state index contributed by atoms with van der Waals surface area (Å²) in [4.78, 5) is 39.0. The van der Waals surface area contributed by atoms with E-state index in [1.54, 1.807) is 45.0 Å². The van der Waals surface area contributed by atoms with Crippen molar-refractivity contribution in [2.24, 2.45) is 11.3 Å². The van der Waals surface area contributed by atoms with Crippen LogP contribution in [0, 0.1) is 11.3 Å². The Morgan fingerprint density at radius 2 is 1.59 bits per heavy atom. The molecule has 2 aliphatic heterocycles. The first kappa shape index (κ1) is 39.5. The van der Waals surface area contributed by atoms with E-state index in [4.69, 9.17) is 23.7 Å². The number of hydrogen-bond acceptors (Lipinski definition) is 11. The lowest BCUT2D eigenvalue weighted by Gasteiger charge is -2.34. The summed E-state index contributed by atoms with van der Waals surface area (Å²) in [6.45, 7) is 5.48. The highest BCUT2D eigenvalue weighted by Gasteiger charge is 2.44. The molecule has 6 atom stereocenters. The third-order valence-corrected chi connectivity index (χ3v) is 8.41. The number of alkyl carbamates (subject to hydrolysis) is 1. The van der Waals surface area contributed by atoms with Gasteiger partial charge in [-0.3, -0.25) is 10.2 Å². The molecule has 4 N–H and O–H groups in total. The van der Waals surface area contributed by atoms with Gasteiger partial charge in [-0.15, -0.1) is 13.2 Å². The third kappa shape index (κ3) is 11.9. The van der Waals surface area contributed by atoms with Crippen LogP contribution in [0.5, 0.6) is 11.5 Å². The number of halogens is 3. The largest absolute Gasteiger partial charge is 0.573 e. The van der Waals surface area contributed by atoms with Gasteiger partial charge in [0.15, 0.2) is 6.29 Å². The highest BCUT2D eigenvalue weighted by Crippen LogP contribution is 2.33. The zero-order chi connectivity index (χ0) is 37.3. The van der Waals surface area contributed by atoms with Gasteiger partial charge in [0, 0.05) is 13.1 Å². The van der Waals surface area contributed by atoms with E-state index in [1.807, 2.05) is 0 Å². The van der Waals surface area contributed by atoms with Crippen LogP contribution < -0.4 is 25.5 Å². The number of methoxy groups -OCH3 is 2. The predicted octanol–water partition coefficient (Wildman–Crippen LogP) is 3.66. The van der Waals surface area contributed by atoms with Crippen LogP contribution in [0.3, 0.4) is 0 Å². The standard InChI is InChI=1S/C34H45F3N4O10/c1-33(2,3)28(39-31(44)47-5)29(43)38-25(16-20-6-10-22(46-4)11-7-20)26(42)18-41(17-21-8-12-23(13-9-21)51-34(35,36)37)40-32(45)50-27-19-49-30-24(27)14-15-48-30/h6-13,24-28,30,42H,14-19H2,1-5H3,(H,38,43)(H,39,44)(H,40,45). The number of ether oxygens (including phenoxy) is 6. The van der Waals surface area contributed by atoms with Gasteiger partial charge in [-0.1, -0.05) is 45.0 Å². The van der Waals surface area contributed by atoms with Crippen molar-refractivity contribution in [2.75, 3.05) is 34.0 Å². The quantitative estimate of drug-likeness (QED) is 0.210. The zero-order valence-electron chi connectivity index (χ0n) is 29.0. The van der Waals surface area contributed by atoms with E-state index in [1.165, 1.54) is 31.4 Å². The minimum atomic E-state index is -4.88. The molecule has 0 bridgehead atoms. The monoisotopic (exact) mass is 726 g/mol. The second kappa shape index (κ2) is 17.3. The lowest BCUT2D eigenvalue weighted by atomic mass is 9.85. The second-order valence-electron chi connectivity index (χ2n) is 13.3. The topological polar surface area (TPSA) is 166 Å². The molecule has 6 unspecified atom stereocenters. The maximum absolute atomic E-state index is 13.7. The maximum atomic E-state index is 13.7. The van der Waals surface area contributed by atoms with Crippen molar-refractivity contribution in [3.8, 4) is 11.5 Å². The molecule has 0 aromatic heterocycles. The number of fused-ring (bicyclic) bond motifs is 1. The van der Waals surface area contributed by atoms with E-state index in [0.717, 1.165) is 17.7 Å². The van der Waals surface area contributed by atoms with E-state index in [0.29, 0.717) is 24.3 Å². The first-order chi connectivity index (χ1) is 24.0. The number of aliphatic hydroxyl groups is 1. The summed E-state index contributed by atoms with van der Waals surface area (Å²) in [5, 5.41) is 18.4. The lowest BCUT2D eigenvalue weighted by molar-refractivity contribution is -0.274. The van der Waals surface area contributed by atoms with Crippen molar-refractivity contribution < 1.29 is 61.1 Å². The molecule has 2 saturated heterocycles. The fraction of sp³-hybridized carbons (Fsp3) is 0.559. The van der Waals surface area contributed by atoms with Gasteiger partial charge in [-0.2, -0.15) is 0 Å². The Morgan fingerprint density at radius 3 is 2.20 bits per heavy atom. The van der Waals surface area contributed by atoms with E-state index in [2.05, 4.69) is 20.8 Å². The van der Waals surface area contributed by atoms with Gasteiger partial charge in [-0.25, -0.2) is 14.6 Å². The fourth-order valence-corrected chi connectivity index (χ4v) is 5.78. The summed E-state index contributed by atoms with van der Waals surface area (Å²) in [5.74, 6) is -0.580. The lowest BCUT2D eigenvalue weighted by Crippen LogP contribution is -2.59. The molecule has 2 fully saturated rings. The Morgan fingerprint density at radius 1 is 0.941 bits per heavy atom. The highest BCUT2D eigenvalue weighted by molar-refractivity contribution is 5.86. The molecule has 2 aliphatic rings. The number of nitrogens with zero attached hydrogens (tertiary/aromatic N) is 1. The molecular formula is C34H45F3N4O10. The van der Waals surface area contributed by atoms with Crippen molar-refractivity contribution in [1.82, 2.24) is 21.1 Å². The number of hydrogen-bond donors (Lipinski definition) is 4. The molecule has 17 heteroatoms. The molecule has 14 nitrogen and oxygen atoms in total. The summed E-state index contributed by atoms with van der Waals surface area (Å²) in [6.07, 6.45) is -8.19. The van der Waals surface area contributed by atoms with Crippen molar-refractivity contribution in [3.63, 3.8) is 0 Å². The fourth-order valence-electron chi connectivity index (χ4n) is 5.78. The van der Waals surface area contributed by atoms with Gasteiger partial charge in [0.2, 0.25) is 5.91 Å². The highest BCUT2D eigenvalue weighted by atomic mass is 19.4. The van der Waals surface area contributed by atoms with Gasteiger partial charge >= 0.3 is 18.5 Å². The maximum Gasteiger partial charge on any atom is 0.573 e. The van der Waals surface area contributed by atoms with Crippen molar-refractivity contribution in [1.29, 1.82) is 0 Å². The molecule has 0 aliphatic carbocycles. The number of rotatable bonds is 14. The minimum Gasteiger partial charge on any atom is -0.497 e. The molecule has 0 spiro atoms. The Hall–Kier alpha value is -4.32. The summed E-state index contributed by atoms with van der Waals surface area (Å²) in [7, 11) is 2.69. The van der Waals surface area contributed by atoms with Crippen LogP contribution in [0.4, 0.5) is 22.8 Å². The van der Waals surface area contributed by atoms with Gasteiger partial charge in [0.25, 0.3) is 0 Å². The van der Waals surface area contributed by atoms with Crippen LogP contribution >= 0.6 is 0 Å². The average molecular weight is 727 g/mol. The number of nitrogens with one attached hydrogen (secondary N) is 3. The number of amides is 3. The summed E-state index contributed by atoms with van der Waals surface area (Å²) < 4.78 is 68.9. The number of hydrazine groups is 1. The number of alkyl halides is 3. The second-order valence-corrected chi connectivity index (χ2v) is 13.3. The first-order valence-corrected chi connectivity index (χ1v) is 16.3. The van der Waals surface area contributed by atoms with Gasteiger partial charge in [0.05, 0.1) is 45.5 Å². The first-order valence-electron chi connectivity index (χ1n) is 16.3. The number of aliphatic hydroxyl groups excluding tert-OH is 1. The van der Waals surface area contributed by atoms with Crippen LogP contribution in [-0.2, 0) is 36.7 Å². The van der Waals surface area contributed by atoms with Crippen LogP contribution in [-0.4, -0.2) is 99.1 Å². The molecule has 3 amide bonds. The number of carbonyl (C=O) groups excluding carboxylic acids is 3. The molecule has 282 valence electrons. The van der Waals surface area contributed by atoms with E-state index >= 15 is 0 Å². The van der Waals surface area contributed by atoms with Crippen molar-refractivity contribution in [2.45, 2.75) is 77.1 Å². The third-order valence-electron chi connectivity index (χ3n) is 8.41. The van der Waals surface area contributed by atoms with Crippen LogP contribution in [0.2, 0.25) is 0 Å². The van der Waals surface area contributed by atoms with Crippen LogP contribution in [0.15, 0.2) is 48.5 Å². The average Bonchev–Trinajstić information content (AvgIpc) is 3.68. The van der Waals surface area contributed by atoms with E-state index in [-0.39, 0.29) is 32.0 Å². The van der Waals surface area contributed by atoms with Crippen molar-refractivity contribution >= 4 is 18.1 Å². The Bertz CT molecular complexity index is 1460. The van der Waals surface area contributed by atoms with Gasteiger partial charge < -0.3 is 44.2 Å². The molecule has 0 radical (unpaired) electrons. The normalized spacial score (nSPS) is 20.5. The summed E-state index contributed by atoms with van der Waals surface area (Å²) >= 11 is 0. The van der Waals surface area contributed by atoms with Crippen LogP contribution in [0.25, 0.3) is 0 Å². The predicted molar refractivity (Wildman–Crippen MR) is 174 cm³/mol. The minimum absolute atomic E-state index is 0.0908. The molecule has 2 aromatic carbocycles. The SMILES string of the molecule is COC(=O)NC(C(=O)NC(Cc1ccc(OC)cc1)C(O)CN(Cc1ccc(OC(F)(F)F)cc1)NC(=O)OC1COC2OCCC12)C(C)(C)C. The van der Waals surface area contributed by atoms with E-state index < -0.39 is 66.2 Å². The molecule has 51 heavy (non-hydrogen) atoms. The molecule has 2 heterocycles. The Kier molecular flexibility index (Phi) is 13.4. The molecule has 0 saturated carbocycles. The molecular weight excluding hydrogens is 681 g/mol. The summed E-state index contributed by atoms with van der Waals surface area (Å²) in [6, 6.07) is 9.94. The zero-order valence-corrected chi connectivity index (χ0v) is 29.0. The van der Waals surface area contributed by atoms with E-state index in [9.17, 15) is 32.7 Å². The molecule has 2 aromatic rings. The molecule has 4 rings (SSSR count). The number of carbonyl (C=O) groups is 3. The van der Waals surface area contributed by atoms with Gasteiger partial charge in [-0.05, 0) is 53.6 Å². The number of benzene rings is 2. The summed E-state index contributed by atoms with van der Waals surface area (Å²) in [5.41, 5.74) is 3.04. The van der Waals surface area contributed by atoms with Crippen LogP contribution in [0.1, 0.15) is 38.3 Å². The Balaban J connectivity index is 1.57. The smallest absolute Gasteiger partial charge is 0.497 e. The van der Waals surface area contributed by atoms with Crippen molar-refractivity contribution in [3.05, 3.63) is 59.7 Å². The Labute approximate surface area is 293 Å².